The second-order valence-corrected chi connectivity index (χ2v) is 16.3. The van der Waals surface area contributed by atoms with Gasteiger partial charge in [0.25, 0.3) is 0 Å². The summed E-state index contributed by atoms with van der Waals surface area (Å²) in [6.07, 6.45) is 25.6. The van der Waals surface area contributed by atoms with E-state index in [2.05, 4.69) is 10.8 Å². The van der Waals surface area contributed by atoms with E-state index in [-0.39, 0.29) is 0 Å². The van der Waals surface area contributed by atoms with Crippen molar-refractivity contribution in [2.45, 2.75) is 160 Å². The fourth-order valence-corrected chi connectivity index (χ4v) is 8.38. The van der Waals surface area contributed by atoms with E-state index in [4.69, 9.17) is 0 Å². The van der Waals surface area contributed by atoms with Gasteiger partial charge in [-0.1, -0.05) is 135 Å². The van der Waals surface area contributed by atoms with E-state index in [1.54, 1.807) is 0 Å². The van der Waals surface area contributed by atoms with E-state index in [1.807, 2.05) is 0 Å². The van der Waals surface area contributed by atoms with Crippen molar-refractivity contribution in [3.8, 4) is 0 Å². The quantitative estimate of drug-likeness (QED) is 0.0771. The maximum Gasteiger partial charge on any atom is 0.522 e. The summed E-state index contributed by atoms with van der Waals surface area (Å²) in [7, 11) is -8.34. The topological polar surface area (TPSA) is 43.4 Å². The molecule has 0 aromatic carbocycles. The van der Waals surface area contributed by atoms with E-state index in [0.29, 0.717) is 6.04 Å². The monoisotopic (exact) mass is 516 g/mol. The first-order chi connectivity index (χ1) is 15.5. The summed E-state index contributed by atoms with van der Waals surface area (Å²) < 4.78 is 64.2. The fourth-order valence-electron chi connectivity index (χ4n) is 4.19. The van der Waals surface area contributed by atoms with Gasteiger partial charge < -0.3 is 3.87 Å². The summed E-state index contributed by atoms with van der Waals surface area (Å²) in [6, 6.07) is 0.432. The van der Waals surface area contributed by atoms with Crippen LogP contribution in [0.2, 0.25) is 19.1 Å². The number of alkyl halides is 3. The van der Waals surface area contributed by atoms with Crippen molar-refractivity contribution < 1.29 is 25.5 Å². The molecule has 0 radical (unpaired) electrons. The Kier molecular flexibility index (Phi) is 19.1. The molecule has 0 spiro atoms. The molecule has 0 saturated heterocycles. The molecule has 3 nitrogen and oxygen atoms in total. The molecule has 200 valence electrons. The van der Waals surface area contributed by atoms with Crippen molar-refractivity contribution in [3.63, 3.8) is 0 Å². The molecular formula is C25H51F3O3SSi. The number of hydrogen-bond donors (Lipinski definition) is 0. The Balaban J connectivity index is 3.40. The maximum absolute atomic E-state index is 12.4. The largest absolute Gasteiger partial charge is 0.522 e. The lowest BCUT2D eigenvalue weighted by molar-refractivity contribution is -0.0503. The van der Waals surface area contributed by atoms with Crippen LogP contribution in [-0.4, -0.2) is 22.2 Å². The molecule has 0 aromatic heterocycles. The Hall–Kier alpha value is -0.0831. The summed E-state index contributed by atoms with van der Waals surface area (Å²) in [5, 5.41) is 0. The van der Waals surface area contributed by atoms with Crippen LogP contribution in [0, 0.1) is 0 Å². The highest BCUT2D eigenvalue weighted by molar-refractivity contribution is 7.88. The van der Waals surface area contributed by atoms with Gasteiger partial charge in [-0.3, -0.25) is 0 Å². The number of hydrogen-bond acceptors (Lipinski definition) is 3. The Morgan fingerprint density at radius 1 is 0.576 bits per heavy atom. The van der Waals surface area contributed by atoms with Crippen LogP contribution in [0.1, 0.15) is 135 Å². The van der Waals surface area contributed by atoms with Crippen molar-refractivity contribution in [2.75, 3.05) is 0 Å². The number of halogens is 3. The predicted octanol–water partition coefficient (Wildman–Crippen LogP) is 9.88. The fraction of sp³-hybridized carbons (Fsp3) is 1.00. The molecule has 0 heterocycles. The zero-order valence-corrected chi connectivity index (χ0v) is 23.4. The summed E-state index contributed by atoms with van der Waals surface area (Å²) in [4.78, 5) is 0. The molecule has 0 rings (SSSR count). The highest BCUT2D eigenvalue weighted by Crippen LogP contribution is 2.29. The maximum atomic E-state index is 12.4. The Morgan fingerprint density at radius 2 is 0.848 bits per heavy atom. The van der Waals surface area contributed by atoms with Crippen molar-refractivity contribution >= 4 is 18.4 Å². The molecule has 0 aliphatic heterocycles. The van der Waals surface area contributed by atoms with E-state index in [9.17, 15) is 21.6 Å². The predicted molar refractivity (Wildman–Crippen MR) is 136 cm³/mol. The van der Waals surface area contributed by atoms with Gasteiger partial charge in [0.2, 0.25) is 8.32 Å². The Bertz CT molecular complexity index is 552. The first kappa shape index (κ1) is 32.9. The lowest BCUT2D eigenvalue weighted by Crippen LogP contribution is -2.38. The molecule has 0 saturated carbocycles. The zero-order valence-electron chi connectivity index (χ0n) is 21.6. The van der Waals surface area contributed by atoms with Gasteiger partial charge in [0.15, 0.2) is 0 Å². The third-order valence-corrected chi connectivity index (χ3v) is 11.1. The van der Waals surface area contributed by atoms with E-state index in [1.165, 1.54) is 116 Å². The third kappa shape index (κ3) is 19.9. The molecule has 0 aliphatic rings. The van der Waals surface area contributed by atoms with Gasteiger partial charge in [-0.05, 0) is 19.1 Å². The van der Waals surface area contributed by atoms with Gasteiger partial charge >= 0.3 is 15.6 Å². The van der Waals surface area contributed by atoms with Gasteiger partial charge in [-0.25, -0.2) is 0 Å². The minimum Gasteiger partial charge on any atom is -0.308 e. The van der Waals surface area contributed by atoms with Gasteiger partial charge in [-0.15, -0.1) is 0 Å². The standard InChI is InChI=1S/C25H51F3O3SSi/c1-4-5-6-7-8-9-10-11-12-13-14-15-16-17-18-19-20-21-22-23-24-33(2,3)31-32(29,30)25(26,27)28/h4-24H2,1-3H3. The lowest BCUT2D eigenvalue weighted by Gasteiger charge is -2.22. The van der Waals surface area contributed by atoms with Crippen molar-refractivity contribution in [2.24, 2.45) is 0 Å². The minimum atomic E-state index is -5.47. The average Bonchev–Trinajstić information content (AvgIpc) is 2.70. The van der Waals surface area contributed by atoms with E-state index < -0.39 is 23.9 Å². The summed E-state index contributed by atoms with van der Waals surface area (Å²) >= 11 is 0. The molecule has 0 aliphatic carbocycles. The minimum absolute atomic E-state index is 0.432. The molecule has 0 unspecified atom stereocenters. The number of unbranched alkanes of at least 4 members (excludes halogenated alkanes) is 19. The molecular weight excluding hydrogens is 465 g/mol. The van der Waals surface area contributed by atoms with Gasteiger partial charge in [0.05, 0.1) is 0 Å². The zero-order chi connectivity index (χ0) is 25.1. The first-order valence-electron chi connectivity index (χ1n) is 13.5. The van der Waals surface area contributed by atoms with E-state index >= 15 is 0 Å². The smallest absolute Gasteiger partial charge is 0.308 e. The second kappa shape index (κ2) is 19.1. The summed E-state index contributed by atoms with van der Waals surface area (Å²) in [5.41, 5.74) is -5.33. The van der Waals surface area contributed by atoms with Crippen molar-refractivity contribution in [1.29, 1.82) is 0 Å². The van der Waals surface area contributed by atoms with Gasteiger partial charge in [0, 0.05) is 0 Å². The highest BCUT2D eigenvalue weighted by Gasteiger charge is 2.50. The lowest BCUT2D eigenvalue weighted by atomic mass is 10.0. The van der Waals surface area contributed by atoms with Crippen LogP contribution in [-0.2, 0) is 14.0 Å². The van der Waals surface area contributed by atoms with Crippen LogP contribution in [0.3, 0.4) is 0 Å². The van der Waals surface area contributed by atoms with Crippen molar-refractivity contribution in [3.05, 3.63) is 0 Å². The summed E-state index contributed by atoms with van der Waals surface area (Å²) in [5.74, 6) is 0. The second-order valence-electron chi connectivity index (χ2n) is 10.2. The van der Waals surface area contributed by atoms with Crippen LogP contribution in [0.4, 0.5) is 13.2 Å². The average molecular weight is 517 g/mol. The van der Waals surface area contributed by atoms with Gasteiger partial charge in [0.1, 0.15) is 0 Å². The molecule has 0 atom stereocenters. The molecule has 0 bridgehead atoms. The molecule has 0 amide bonds. The van der Waals surface area contributed by atoms with Crippen LogP contribution in [0.5, 0.6) is 0 Å². The molecule has 0 N–H and O–H groups in total. The third-order valence-electron chi connectivity index (χ3n) is 6.25. The SMILES string of the molecule is CCCCCCCCCCCCCCCCCCCCCC[Si](C)(C)OS(=O)(=O)C(F)(F)F. The Labute approximate surface area is 203 Å². The van der Waals surface area contributed by atoms with Crippen LogP contribution in [0.15, 0.2) is 0 Å². The summed E-state index contributed by atoms with van der Waals surface area (Å²) in [6.45, 7) is 5.33. The van der Waals surface area contributed by atoms with Gasteiger partial charge in [-0.2, -0.15) is 21.6 Å². The van der Waals surface area contributed by atoms with E-state index in [0.717, 1.165) is 25.7 Å². The normalized spacial score (nSPS) is 13.0. The molecule has 0 fully saturated rings. The Morgan fingerprint density at radius 3 is 1.12 bits per heavy atom. The molecule has 8 heteroatoms. The molecule has 0 aromatic rings. The van der Waals surface area contributed by atoms with Crippen LogP contribution >= 0.6 is 0 Å². The van der Waals surface area contributed by atoms with Crippen LogP contribution in [0.25, 0.3) is 0 Å². The first-order valence-corrected chi connectivity index (χ1v) is 18.1. The van der Waals surface area contributed by atoms with Crippen LogP contribution < -0.4 is 0 Å². The molecule has 33 heavy (non-hydrogen) atoms. The highest BCUT2D eigenvalue weighted by atomic mass is 32.2. The van der Waals surface area contributed by atoms with Crippen molar-refractivity contribution in [1.82, 2.24) is 0 Å². The number of rotatable bonds is 23.